The normalized spacial score (nSPS) is 17.5. The van der Waals surface area contributed by atoms with Crippen molar-refractivity contribution in [3.8, 4) is 0 Å². The summed E-state index contributed by atoms with van der Waals surface area (Å²) in [6.45, 7) is 7.25. The Labute approximate surface area is 167 Å². The number of unbranched alkanes of at least 4 members (excludes halogenated alkanes) is 1. The van der Waals surface area contributed by atoms with Crippen molar-refractivity contribution in [3.05, 3.63) is 0 Å². The number of rotatable bonds is 8. The Morgan fingerprint density at radius 1 is 1.28 bits per heavy atom. The topological polar surface area (TPSA) is 80.2 Å². The van der Waals surface area contributed by atoms with Gasteiger partial charge in [-0.2, -0.15) is 0 Å². The molecule has 1 unspecified atom stereocenters. The number of nitrogens with zero attached hydrogens (tertiary/aromatic N) is 2. The summed E-state index contributed by atoms with van der Waals surface area (Å²) in [6, 6.07) is 0. The lowest BCUT2D eigenvalue weighted by Gasteiger charge is -2.34. The summed E-state index contributed by atoms with van der Waals surface area (Å²) in [5, 5.41) is 3.29. The van der Waals surface area contributed by atoms with E-state index in [-0.39, 0.29) is 41.8 Å². The van der Waals surface area contributed by atoms with Crippen LogP contribution in [0.1, 0.15) is 46.0 Å². The van der Waals surface area contributed by atoms with E-state index in [0.29, 0.717) is 26.1 Å². The van der Waals surface area contributed by atoms with Gasteiger partial charge in [-0.25, -0.2) is 0 Å². The standard InChI is InChI=1S/C17H31N3O4.HI/c1-4-18-17(19-11-7-6-10-15(21)23-3)20-12-8-9-14(13-20)16(22)24-5-2;/h14H,4-13H2,1-3H3,(H,18,19);1H. The Balaban J connectivity index is 0.00000576. The number of ether oxygens (including phenoxy) is 2. The van der Waals surface area contributed by atoms with Crippen molar-refractivity contribution < 1.29 is 19.1 Å². The zero-order valence-corrected chi connectivity index (χ0v) is 17.9. The van der Waals surface area contributed by atoms with Crippen molar-refractivity contribution in [2.24, 2.45) is 10.9 Å². The highest BCUT2D eigenvalue weighted by atomic mass is 127. The summed E-state index contributed by atoms with van der Waals surface area (Å²) in [5.74, 6) is 0.460. The molecule has 1 N–H and O–H groups in total. The lowest BCUT2D eigenvalue weighted by Crippen LogP contribution is -2.48. The van der Waals surface area contributed by atoms with Crippen LogP contribution in [-0.2, 0) is 19.1 Å². The second kappa shape index (κ2) is 14.1. The van der Waals surface area contributed by atoms with Crippen LogP contribution in [-0.4, -0.2) is 62.7 Å². The van der Waals surface area contributed by atoms with E-state index < -0.39 is 0 Å². The molecule has 1 aliphatic heterocycles. The zero-order valence-electron chi connectivity index (χ0n) is 15.6. The quantitative estimate of drug-likeness (QED) is 0.193. The Morgan fingerprint density at radius 3 is 2.68 bits per heavy atom. The van der Waals surface area contributed by atoms with Crippen LogP contribution in [0.15, 0.2) is 4.99 Å². The molecule has 0 spiro atoms. The number of aliphatic imine (C=N–C) groups is 1. The molecular formula is C17H32IN3O4. The van der Waals surface area contributed by atoms with Gasteiger partial charge < -0.3 is 19.7 Å². The molecule has 0 aromatic carbocycles. The van der Waals surface area contributed by atoms with Crippen molar-refractivity contribution in [2.45, 2.75) is 46.0 Å². The molecule has 1 saturated heterocycles. The second-order valence-corrected chi connectivity index (χ2v) is 5.81. The zero-order chi connectivity index (χ0) is 17.8. The Hall–Kier alpha value is -1.06. The van der Waals surface area contributed by atoms with E-state index in [4.69, 9.17) is 4.74 Å². The number of hydrogen-bond donors (Lipinski definition) is 1. The SMILES string of the molecule is CCNC(=NCCCCC(=O)OC)N1CCCC(C(=O)OCC)C1.I. The third-order valence-corrected chi connectivity index (χ3v) is 3.95. The molecule has 0 saturated carbocycles. The number of piperidine rings is 1. The molecule has 25 heavy (non-hydrogen) atoms. The summed E-state index contributed by atoms with van der Waals surface area (Å²) in [5.41, 5.74) is 0. The smallest absolute Gasteiger partial charge is 0.310 e. The lowest BCUT2D eigenvalue weighted by molar-refractivity contribution is -0.149. The summed E-state index contributed by atoms with van der Waals surface area (Å²) in [6.07, 6.45) is 3.85. The molecule has 0 bridgehead atoms. The summed E-state index contributed by atoms with van der Waals surface area (Å²) in [4.78, 5) is 29.8. The summed E-state index contributed by atoms with van der Waals surface area (Å²) in [7, 11) is 1.40. The van der Waals surface area contributed by atoms with Crippen LogP contribution in [0.25, 0.3) is 0 Å². The fourth-order valence-electron chi connectivity index (χ4n) is 2.72. The fraction of sp³-hybridized carbons (Fsp3) is 0.824. The number of carbonyl (C=O) groups is 2. The van der Waals surface area contributed by atoms with Gasteiger partial charge in [0, 0.05) is 32.6 Å². The highest BCUT2D eigenvalue weighted by molar-refractivity contribution is 14.0. The van der Waals surface area contributed by atoms with E-state index in [0.717, 1.165) is 44.7 Å². The van der Waals surface area contributed by atoms with Gasteiger partial charge in [0.2, 0.25) is 0 Å². The molecule has 0 aliphatic carbocycles. The molecular weight excluding hydrogens is 437 g/mol. The minimum atomic E-state index is -0.181. The number of carbonyl (C=O) groups excluding carboxylic acids is 2. The first kappa shape index (κ1) is 23.9. The minimum Gasteiger partial charge on any atom is -0.469 e. The van der Waals surface area contributed by atoms with E-state index >= 15 is 0 Å². The van der Waals surface area contributed by atoms with Gasteiger partial charge in [-0.05, 0) is 39.5 Å². The molecule has 0 amide bonds. The monoisotopic (exact) mass is 469 g/mol. The Bertz CT molecular complexity index is 432. The van der Waals surface area contributed by atoms with Crippen LogP contribution in [0.2, 0.25) is 0 Å². The summed E-state index contributed by atoms with van der Waals surface area (Å²) >= 11 is 0. The number of likely N-dealkylation sites (tertiary alicyclic amines) is 1. The van der Waals surface area contributed by atoms with Gasteiger partial charge in [-0.1, -0.05) is 0 Å². The van der Waals surface area contributed by atoms with E-state index in [1.54, 1.807) is 0 Å². The molecule has 1 aliphatic rings. The largest absolute Gasteiger partial charge is 0.469 e. The van der Waals surface area contributed by atoms with Crippen LogP contribution < -0.4 is 5.32 Å². The van der Waals surface area contributed by atoms with Gasteiger partial charge in [0.05, 0.1) is 19.6 Å². The fourth-order valence-corrected chi connectivity index (χ4v) is 2.72. The Morgan fingerprint density at radius 2 is 2.04 bits per heavy atom. The molecule has 0 radical (unpaired) electrons. The van der Waals surface area contributed by atoms with Crippen LogP contribution >= 0.6 is 24.0 Å². The van der Waals surface area contributed by atoms with Crippen molar-refractivity contribution >= 4 is 41.9 Å². The highest BCUT2D eigenvalue weighted by Gasteiger charge is 2.28. The van der Waals surface area contributed by atoms with Crippen LogP contribution in [0.3, 0.4) is 0 Å². The maximum atomic E-state index is 12.0. The molecule has 0 aromatic heterocycles. The molecule has 8 heteroatoms. The molecule has 7 nitrogen and oxygen atoms in total. The van der Waals surface area contributed by atoms with Gasteiger partial charge in [0.1, 0.15) is 0 Å². The van der Waals surface area contributed by atoms with Crippen LogP contribution in [0, 0.1) is 5.92 Å². The molecule has 1 atom stereocenters. The first-order valence-electron chi connectivity index (χ1n) is 8.89. The maximum absolute atomic E-state index is 12.0. The van der Waals surface area contributed by atoms with Gasteiger partial charge in [0.15, 0.2) is 5.96 Å². The highest BCUT2D eigenvalue weighted by Crippen LogP contribution is 2.18. The van der Waals surface area contributed by atoms with Crippen molar-refractivity contribution in [2.75, 3.05) is 39.9 Å². The number of guanidine groups is 1. The van der Waals surface area contributed by atoms with Gasteiger partial charge in [-0.3, -0.25) is 14.6 Å². The predicted octanol–water partition coefficient (Wildman–Crippen LogP) is 2.19. The number of methoxy groups -OCH3 is 1. The van der Waals surface area contributed by atoms with Crippen molar-refractivity contribution in [1.29, 1.82) is 0 Å². The number of esters is 2. The third-order valence-electron chi connectivity index (χ3n) is 3.95. The van der Waals surface area contributed by atoms with Gasteiger partial charge in [0.25, 0.3) is 0 Å². The van der Waals surface area contributed by atoms with Gasteiger partial charge in [-0.15, -0.1) is 24.0 Å². The van der Waals surface area contributed by atoms with E-state index in [1.165, 1.54) is 7.11 Å². The molecule has 0 aromatic rings. The van der Waals surface area contributed by atoms with Crippen molar-refractivity contribution in [1.82, 2.24) is 10.2 Å². The van der Waals surface area contributed by atoms with E-state index in [9.17, 15) is 9.59 Å². The number of hydrogen-bond acceptors (Lipinski definition) is 5. The third kappa shape index (κ3) is 9.27. The minimum absolute atomic E-state index is 0. The molecule has 1 heterocycles. The molecule has 146 valence electrons. The van der Waals surface area contributed by atoms with Crippen LogP contribution in [0.4, 0.5) is 0 Å². The van der Waals surface area contributed by atoms with E-state index in [1.807, 2.05) is 13.8 Å². The lowest BCUT2D eigenvalue weighted by atomic mass is 9.98. The first-order valence-corrected chi connectivity index (χ1v) is 8.89. The Kier molecular flexibility index (Phi) is 13.5. The van der Waals surface area contributed by atoms with Crippen molar-refractivity contribution in [3.63, 3.8) is 0 Å². The first-order chi connectivity index (χ1) is 11.6. The predicted molar refractivity (Wildman–Crippen MR) is 108 cm³/mol. The van der Waals surface area contributed by atoms with Crippen LogP contribution in [0.5, 0.6) is 0 Å². The van der Waals surface area contributed by atoms with Gasteiger partial charge >= 0.3 is 11.9 Å². The molecule has 1 rings (SSSR count). The number of halogens is 1. The molecule has 1 fully saturated rings. The number of nitrogens with one attached hydrogen (secondary N) is 1. The van der Waals surface area contributed by atoms with E-state index in [2.05, 4.69) is 19.9 Å². The average Bonchev–Trinajstić information content (AvgIpc) is 2.60. The average molecular weight is 469 g/mol. The summed E-state index contributed by atoms with van der Waals surface area (Å²) < 4.78 is 9.77. The second-order valence-electron chi connectivity index (χ2n) is 5.81. The maximum Gasteiger partial charge on any atom is 0.310 e.